The molecule has 0 fully saturated rings. The average molecular weight is 298 g/mol. The Morgan fingerprint density at radius 3 is 2.35 bits per heavy atom. The molecule has 2 rings (SSSR count). The van der Waals surface area contributed by atoms with E-state index in [2.05, 4.69) is 0 Å². The van der Waals surface area contributed by atoms with Crippen molar-refractivity contribution in [2.24, 2.45) is 0 Å². The molecule has 0 aliphatic rings. The molecule has 0 saturated carbocycles. The lowest BCUT2D eigenvalue weighted by atomic mass is 10.2. The van der Waals surface area contributed by atoms with Crippen LogP contribution in [-0.2, 0) is 10.1 Å². The number of hydrogen-bond acceptors (Lipinski definition) is 3. The summed E-state index contributed by atoms with van der Waals surface area (Å²) < 4.78 is 55.2. The molecular formula is C14H12F2O3S. The van der Waals surface area contributed by atoms with E-state index in [0.717, 1.165) is 17.7 Å². The molecule has 0 aliphatic heterocycles. The van der Waals surface area contributed by atoms with Gasteiger partial charge < -0.3 is 4.18 Å². The van der Waals surface area contributed by atoms with Gasteiger partial charge in [0.05, 0.1) is 0 Å². The Kier molecular flexibility index (Phi) is 3.76. The minimum absolute atomic E-state index is 0.0405. The Hall–Kier alpha value is -1.95. The van der Waals surface area contributed by atoms with E-state index in [9.17, 15) is 17.2 Å². The lowest BCUT2D eigenvalue weighted by Gasteiger charge is -2.10. The van der Waals surface area contributed by atoms with Gasteiger partial charge in [0.1, 0.15) is 10.7 Å². The first-order valence-corrected chi connectivity index (χ1v) is 7.17. The Bertz CT molecular complexity index is 755. The summed E-state index contributed by atoms with van der Waals surface area (Å²) in [4.78, 5) is -0.0405. The van der Waals surface area contributed by atoms with Crippen LogP contribution in [0.5, 0.6) is 5.75 Å². The number of aryl methyl sites for hydroxylation is 2. The van der Waals surface area contributed by atoms with Gasteiger partial charge in [-0.15, -0.1) is 0 Å². The first kappa shape index (κ1) is 14.5. The van der Waals surface area contributed by atoms with E-state index < -0.39 is 27.5 Å². The standard InChI is InChI=1S/C14H12F2O3S/c1-9-3-4-10(2)14(7-9)20(17,18)19-13-6-5-11(15)8-12(13)16/h3-8H,1-2H3. The summed E-state index contributed by atoms with van der Waals surface area (Å²) in [6.07, 6.45) is 0. The van der Waals surface area contributed by atoms with Crippen molar-refractivity contribution in [1.29, 1.82) is 0 Å². The van der Waals surface area contributed by atoms with Gasteiger partial charge in [0.2, 0.25) is 0 Å². The fourth-order valence-electron chi connectivity index (χ4n) is 1.68. The van der Waals surface area contributed by atoms with E-state index >= 15 is 0 Å². The van der Waals surface area contributed by atoms with Gasteiger partial charge in [-0.05, 0) is 43.2 Å². The summed E-state index contributed by atoms with van der Waals surface area (Å²) in [5, 5.41) is 0. The molecule has 0 saturated heterocycles. The maximum Gasteiger partial charge on any atom is 0.339 e. The van der Waals surface area contributed by atoms with Crippen LogP contribution < -0.4 is 4.18 Å². The molecule has 3 nitrogen and oxygen atoms in total. The molecule has 6 heteroatoms. The molecule has 0 atom stereocenters. The van der Waals surface area contributed by atoms with Crippen molar-refractivity contribution >= 4 is 10.1 Å². The Morgan fingerprint density at radius 1 is 1.00 bits per heavy atom. The highest BCUT2D eigenvalue weighted by molar-refractivity contribution is 7.87. The summed E-state index contributed by atoms with van der Waals surface area (Å²) in [6.45, 7) is 3.34. The Balaban J connectivity index is 2.43. The van der Waals surface area contributed by atoms with Crippen molar-refractivity contribution in [1.82, 2.24) is 0 Å². The predicted molar refractivity (Wildman–Crippen MR) is 70.1 cm³/mol. The van der Waals surface area contributed by atoms with Crippen LogP contribution in [0.25, 0.3) is 0 Å². The second-order valence-corrected chi connectivity index (χ2v) is 5.90. The predicted octanol–water partition coefficient (Wildman–Crippen LogP) is 3.35. The van der Waals surface area contributed by atoms with Crippen molar-refractivity contribution in [2.45, 2.75) is 18.7 Å². The molecule has 0 heterocycles. The van der Waals surface area contributed by atoms with Gasteiger partial charge in [-0.1, -0.05) is 12.1 Å². The zero-order chi connectivity index (χ0) is 14.9. The Labute approximate surface area is 115 Å². The third-order valence-corrected chi connectivity index (χ3v) is 4.08. The van der Waals surface area contributed by atoms with E-state index in [1.807, 2.05) is 0 Å². The topological polar surface area (TPSA) is 43.4 Å². The van der Waals surface area contributed by atoms with E-state index in [-0.39, 0.29) is 4.90 Å². The number of halogens is 2. The van der Waals surface area contributed by atoms with Crippen LogP contribution in [0.1, 0.15) is 11.1 Å². The second kappa shape index (κ2) is 5.20. The van der Waals surface area contributed by atoms with Gasteiger partial charge in [-0.2, -0.15) is 8.42 Å². The zero-order valence-corrected chi connectivity index (χ0v) is 11.7. The normalized spacial score (nSPS) is 11.4. The molecule has 2 aromatic carbocycles. The molecule has 0 N–H and O–H groups in total. The van der Waals surface area contributed by atoms with Crippen molar-refractivity contribution in [3.63, 3.8) is 0 Å². The smallest absolute Gasteiger partial charge is 0.339 e. The van der Waals surface area contributed by atoms with Gasteiger partial charge in [-0.3, -0.25) is 0 Å². The average Bonchev–Trinajstić information content (AvgIpc) is 2.35. The highest BCUT2D eigenvalue weighted by atomic mass is 32.2. The van der Waals surface area contributed by atoms with Crippen LogP contribution in [0, 0.1) is 25.5 Å². The van der Waals surface area contributed by atoms with E-state index in [1.54, 1.807) is 26.0 Å². The first-order valence-electron chi connectivity index (χ1n) is 5.76. The van der Waals surface area contributed by atoms with Gasteiger partial charge in [-0.25, -0.2) is 8.78 Å². The van der Waals surface area contributed by atoms with Crippen molar-refractivity contribution in [3.05, 3.63) is 59.2 Å². The van der Waals surface area contributed by atoms with Crippen molar-refractivity contribution < 1.29 is 21.4 Å². The second-order valence-electron chi connectivity index (χ2n) is 4.38. The van der Waals surface area contributed by atoms with Gasteiger partial charge >= 0.3 is 10.1 Å². The first-order chi connectivity index (χ1) is 9.29. The van der Waals surface area contributed by atoms with Crippen LogP contribution in [0.3, 0.4) is 0 Å². The zero-order valence-electron chi connectivity index (χ0n) is 10.9. The number of hydrogen-bond donors (Lipinski definition) is 0. The molecule has 0 unspecified atom stereocenters. The number of rotatable bonds is 3. The molecule has 0 aliphatic carbocycles. The fraction of sp³-hybridized carbons (Fsp3) is 0.143. The minimum Gasteiger partial charge on any atom is -0.376 e. The summed E-state index contributed by atoms with van der Waals surface area (Å²) >= 11 is 0. The van der Waals surface area contributed by atoms with Crippen molar-refractivity contribution in [2.75, 3.05) is 0 Å². The van der Waals surface area contributed by atoms with Crippen LogP contribution in [-0.4, -0.2) is 8.42 Å². The molecule has 0 aromatic heterocycles. The molecule has 20 heavy (non-hydrogen) atoms. The van der Waals surface area contributed by atoms with Gasteiger partial charge in [0.15, 0.2) is 11.6 Å². The lowest BCUT2D eigenvalue weighted by molar-refractivity contribution is 0.457. The summed E-state index contributed by atoms with van der Waals surface area (Å²) in [6, 6.07) is 7.25. The van der Waals surface area contributed by atoms with Crippen LogP contribution in [0.2, 0.25) is 0 Å². The molecule has 106 valence electrons. The third kappa shape index (κ3) is 2.96. The maximum atomic E-state index is 13.4. The van der Waals surface area contributed by atoms with Crippen LogP contribution >= 0.6 is 0 Å². The van der Waals surface area contributed by atoms with E-state index in [4.69, 9.17) is 4.18 Å². The number of benzene rings is 2. The van der Waals surface area contributed by atoms with E-state index in [1.165, 1.54) is 6.07 Å². The Morgan fingerprint density at radius 2 is 1.70 bits per heavy atom. The van der Waals surface area contributed by atoms with Crippen molar-refractivity contribution in [3.8, 4) is 5.75 Å². The van der Waals surface area contributed by atoms with Gasteiger partial charge in [0.25, 0.3) is 0 Å². The molecule has 0 radical (unpaired) electrons. The highest BCUT2D eigenvalue weighted by Gasteiger charge is 2.21. The fourth-order valence-corrected chi connectivity index (χ4v) is 2.94. The van der Waals surface area contributed by atoms with Gasteiger partial charge in [0, 0.05) is 6.07 Å². The van der Waals surface area contributed by atoms with E-state index in [0.29, 0.717) is 11.6 Å². The van der Waals surface area contributed by atoms with Crippen LogP contribution in [0.4, 0.5) is 8.78 Å². The molecule has 0 spiro atoms. The summed E-state index contributed by atoms with van der Waals surface area (Å²) in [5.41, 5.74) is 1.22. The quantitative estimate of drug-likeness (QED) is 0.816. The monoisotopic (exact) mass is 298 g/mol. The summed E-state index contributed by atoms with van der Waals surface area (Å²) in [5.74, 6) is -2.41. The lowest BCUT2D eigenvalue weighted by Crippen LogP contribution is -2.12. The third-order valence-electron chi connectivity index (χ3n) is 2.71. The molecule has 2 aromatic rings. The molecule has 0 bridgehead atoms. The maximum absolute atomic E-state index is 13.4. The molecular weight excluding hydrogens is 286 g/mol. The summed E-state index contributed by atoms with van der Waals surface area (Å²) in [7, 11) is -4.16. The minimum atomic E-state index is -4.16. The van der Waals surface area contributed by atoms with Crippen LogP contribution in [0.15, 0.2) is 41.3 Å². The SMILES string of the molecule is Cc1ccc(C)c(S(=O)(=O)Oc2ccc(F)cc2F)c1. The largest absolute Gasteiger partial charge is 0.376 e. The molecule has 0 amide bonds. The highest BCUT2D eigenvalue weighted by Crippen LogP contribution is 2.24.